The molecule has 1 heterocycles. The molecular formula is C19H16BrNO2. The van der Waals surface area contributed by atoms with Gasteiger partial charge in [0.15, 0.2) is 0 Å². The quantitative estimate of drug-likeness (QED) is 0.626. The molecule has 0 unspecified atom stereocenters. The molecule has 116 valence electrons. The molecule has 0 aliphatic heterocycles. The molecule has 2 aromatic carbocycles. The zero-order valence-corrected chi connectivity index (χ0v) is 14.3. The van der Waals surface area contributed by atoms with Crippen molar-refractivity contribution in [3.8, 4) is 22.9 Å². The van der Waals surface area contributed by atoms with Gasteiger partial charge in [0.05, 0.1) is 12.8 Å². The van der Waals surface area contributed by atoms with Crippen LogP contribution in [0.3, 0.4) is 0 Å². The minimum absolute atomic E-state index is 0.473. The van der Waals surface area contributed by atoms with Gasteiger partial charge in [-0.2, -0.15) is 0 Å². The molecule has 0 atom stereocenters. The Kier molecular flexibility index (Phi) is 4.93. The van der Waals surface area contributed by atoms with Gasteiger partial charge in [0, 0.05) is 21.7 Å². The summed E-state index contributed by atoms with van der Waals surface area (Å²) in [4.78, 5) is 4.56. The van der Waals surface area contributed by atoms with Crippen molar-refractivity contribution < 1.29 is 9.47 Å². The molecule has 0 spiro atoms. The van der Waals surface area contributed by atoms with E-state index in [2.05, 4.69) is 20.9 Å². The number of hydrogen-bond acceptors (Lipinski definition) is 3. The number of halogens is 1. The van der Waals surface area contributed by atoms with Gasteiger partial charge in [-0.15, -0.1) is 0 Å². The molecule has 0 N–H and O–H groups in total. The van der Waals surface area contributed by atoms with Crippen LogP contribution in [-0.2, 0) is 6.61 Å². The van der Waals surface area contributed by atoms with Crippen molar-refractivity contribution in [2.24, 2.45) is 0 Å². The molecule has 23 heavy (non-hydrogen) atoms. The molecule has 0 saturated carbocycles. The summed E-state index contributed by atoms with van der Waals surface area (Å²) >= 11 is 3.52. The number of hydrogen-bond donors (Lipinski definition) is 0. The van der Waals surface area contributed by atoms with Crippen molar-refractivity contribution in [1.82, 2.24) is 4.98 Å². The molecule has 0 radical (unpaired) electrons. The standard InChI is InChI=1S/C19H16BrNO2/c1-22-16-11-9-14(10-12-16)18-7-4-8-19(21-18)23-13-15-5-2-3-6-17(15)20/h2-12H,13H2,1H3. The number of rotatable bonds is 5. The molecule has 3 aromatic rings. The van der Waals surface area contributed by atoms with Gasteiger partial charge in [0.1, 0.15) is 12.4 Å². The zero-order valence-electron chi connectivity index (χ0n) is 12.7. The monoisotopic (exact) mass is 369 g/mol. The van der Waals surface area contributed by atoms with E-state index in [0.717, 1.165) is 27.0 Å². The Morgan fingerprint density at radius 2 is 1.70 bits per heavy atom. The van der Waals surface area contributed by atoms with Crippen LogP contribution >= 0.6 is 15.9 Å². The van der Waals surface area contributed by atoms with Crippen LogP contribution in [0.25, 0.3) is 11.3 Å². The minimum Gasteiger partial charge on any atom is -0.497 e. The highest BCUT2D eigenvalue weighted by atomic mass is 79.9. The maximum absolute atomic E-state index is 5.81. The molecule has 4 heteroatoms. The Labute approximate surface area is 144 Å². The van der Waals surface area contributed by atoms with Crippen molar-refractivity contribution in [2.45, 2.75) is 6.61 Å². The van der Waals surface area contributed by atoms with E-state index in [-0.39, 0.29) is 0 Å². The van der Waals surface area contributed by atoms with Gasteiger partial charge in [-0.25, -0.2) is 4.98 Å². The highest BCUT2D eigenvalue weighted by Crippen LogP contribution is 2.23. The number of pyridine rings is 1. The van der Waals surface area contributed by atoms with Crippen molar-refractivity contribution in [3.63, 3.8) is 0 Å². The van der Waals surface area contributed by atoms with Crippen LogP contribution in [0.15, 0.2) is 71.2 Å². The second-order valence-electron chi connectivity index (χ2n) is 4.97. The Balaban J connectivity index is 1.75. The summed E-state index contributed by atoms with van der Waals surface area (Å²) in [5, 5.41) is 0. The molecule has 0 aliphatic rings. The van der Waals surface area contributed by atoms with Crippen LogP contribution in [0.2, 0.25) is 0 Å². The van der Waals surface area contributed by atoms with E-state index in [4.69, 9.17) is 9.47 Å². The molecular weight excluding hydrogens is 354 g/mol. The van der Waals surface area contributed by atoms with Gasteiger partial charge < -0.3 is 9.47 Å². The predicted molar refractivity (Wildman–Crippen MR) is 94.7 cm³/mol. The summed E-state index contributed by atoms with van der Waals surface area (Å²) in [5.74, 6) is 1.43. The maximum atomic E-state index is 5.81. The van der Waals surface area contributed by atoms with E-state index in [1.165, 1.54) is 0 Å². The highest BCUT2D eigenvalue weighted by Gasteiger charge is 2.04. The van der Waals surface area contributed by atoms with E-state index in [0.29, 0.717) is 12.5 Å². The lowest BCUT2D eigenvalue weighted by Crippen LogP contribution is -1.98. The van der Waals surface area contributed by atoms with Crippen LogP contribution in [0.5, 0.6) is 11.6 Å². The Bertz CT molecular complexity index is 787. The minimum atomic E-state index is 0.473. The number of benzene rings is 2. The third-order valence-corrected chi connectivity index (χ3v) is 4.22. The second-order valence-corrected chi connectivity index (χ2v) is 5.82. The lowest BCUT2D eigenvalue weighted by molar-refractivity contribution is 0.293. The summed E-state index contributed by atoms with van der Waals surface area (Å²) < 4.78 is 12.0. The van der Waals surface area contributed by atoms with E-state index in [9.17, 15) is 0 Å². The van der Waals surface area contributed by atoms with Gasteiger partial charge >= 0.3 is 0 Å². The summed E-state index contributed by atoms with van der Waals surface area (Å²) in [6, 6.07) is 21.6. The van der Waals surface area contributed by atoms with Gasteiger partial charge in [-0.3, -0.25) is 0 Å². The maximum Gasteiger partial charge on any atom is 0.214 e. The third kappa shape index (κ3) is 3.90. The Hall–Kier alpha value is -2.33. The zero-order chi connectivity index (χ0) is 16.1. The summed E-state index contributed by atoms with van der Waals surface area (Å²) in [5.41, 5.74) is 2.98. The van der Waals surface area contributed by atoms with Crippen LogP contribution < -0.4 is 9.47 Å². The van der Waals surface area contributed by atoms with Gasteiger partial charge in [0.25, 0.3) is 0 Å². The average molecular weight is 370 g/mol. The lowest BCUT2D eigenvalue weighted by Gasteiger charge is -2.09. The van der Waals surface area contributed by atoms with E-state index in [1.807, 2.05) is 66.7 Å². The van der Waals surface area contributed by atoms with Crippen LogP contribution in [0, 0.1) is 0 Å². The van der Waals surface area contributed by atoms with Gasteiger partial charge in [0.2, 0.25) is 5.88 Å². The van der Waals surface area contributed by atoms with Gasteiger partial charge in [-0.1, -0.05) is 40.2 Å². The Morgan fingerprint density at radius 1 is 0.913 bits per heavy atom. The van der Waals surface area contributed by atoms with Crippen LogP contribution in [-0.4, -0.2) is 12.1 Å². The van der Waals surface area contributed by atoms with E-state index in [1.54, 1.807) is 7.11 Å². The first-order chi connectivity index (χ1) is 11.3. The average Bonchev–Trinajstić information content (AvgIpc) is 2.61. The first kappa shape index (κ1) is 15.6. The smallest absolute Gasteiger partial charge is 0.214 e. The fourth-order valence-corrected chi connectivity index (χ4v) is 2.58. The van der Waals surface area contributed by atoms with Crippen molar-refractivity contribution in [3.05, 3.63) is 76.8 Å². The van der Waals surface area contributed by atoms with Crippen molar-refractivity contribution in [1.29, 1.82) is 0 Å². The first-order valence-corrected chi connectivity index (χ1v) is 8.03. The first-order valence-electron chi connectivity index (χ1n) is 7.24. The normalized spacial score (nSPS) is 10.3. The summed E-state index contributed by atoms with van der Waals surface area (Å²) in [6.07, 6.45) is 0. The third-order valence-electron chi connectivity index (χ3n) is 3.44. The molecule has 3 nitrogen and oxygen atoms in total. The molecule has 3 rings (SSSR count). The number of ether oxygens (including phenoxy) is 2. The molecule has 0 amide bonds. The molecule has 0 aliphatic carbocycles. The molecule has 0 saturated heterocycles. The van der Waals surface area contributed by atoms with Crippen molar-refractivity contribution in [2.75, 3.05) is 7.11 Å². The SMILES string of the molecule is COc1ccc(-c2cccc(OCc3ccccc3Br)n2)cc1. The van der Waals surface area contributed by atoms with E-state index < -0.39 is 0 Å². The molecule has 0 fully saturated rings. The van der Waals surface area contributed by atoms with Gasteiger partial charge in [-0.05, 0) is 36.4 Å². The van der Waals surface area contributed by atoms with Crippen LogP contribution in [0.4, 0.5) is 0 Å². The number of aromatic nitrogens is 1. The van der Waals surface area contributed by atoms with Crippen molar-refractivity contribution >= 4 is 15.9 Å². The second kappa shape index (κ2) is 7.29. The Morgan fingerprint density at radius 3 is 2.43 bits per heavy atom. The fraction of sp³-hybridized carbons (Fsp3) is 0.105. The number of nitrogens with zero attached hydrogens (tertiary/aromatic N) is 1. The van der Waals surface area contributed by atoms with Crippen LogP contribution in [0.1, 0.15) is 5.56 Å². The topological polar surface area (TPSA) is 31.4 Å². The van der Waals surface area contributed by atoms with E-state index >= 15 is 0 Å². The molecule has 0 bridgehead atoms. The predicted octanol–water partition coefficient (Wildman–Crippen LogP) is 5.10. The molecule has 1 aromatic heterocycles. The highest BCUT2D eigenvalue weighted by molar-refractivity contribution is 9.10. The fourth-order valence-electron chi connectivity index (χ4n) is 2.18. The largest absolute Gasteiger partial charge is 0.497 e. The lowest BCUT2D eigenvalue weighted by atomic mass is 10.1. The number of methoxy groups -OCH3 is 1. The summed E-state index contributed by atoms with van der Waals surface area (Å²) in [7, 11) is 1.66. The summed E-state index contributed by atoms with van der Waals surface area (Å²) in [6.45, 7) is 0.473.